The molecule has 1 rings (SSSR count). The molecule has 6 heteroatoms. The monoisotopic (exact) mass is 332 g/mol. The van der Waals surface area contributed by atoms with E-state index in [0.29, 0.717) is 6.61 Å². The summed E-state index contributed by atoms with van der Waals surface area (Å²) in [5, 5.41) is 38.4. The highest BCUT2D eigenvalue weighted by atomic mass is 16.6. The highest BCUT2D eigenvalue weighted by Crippen LogP contribution is 2.22. The van der Waals surface area contributed by atoms with E-state index in [1.807, 2.05) is 6.08 Å². The van der Waals surface area contributed by atoms with Crippen molar-refractivity contribution in [3.05, 3.63) is 12.7 Å². The minimum Gasteiger partial charge on any atom is -0.394 e. The smallest absolute Gasteiger partial charge is 0.184 e. The molecule has 1 saturated heterocycles. The molecule has 1 fully saturated rings. The first kappa shape index (κ1) is 20.5. The van der Waals surface area contributed by atoms with Gasteiger partial charge in [0.05, 0.1) is 6.61 Å². The van der Waals surface area contributed by atoms with Crippen LogP contribution in [0, 0.1) is 0 Å². The van der Waals surface area contributed by atoms with Gasteiger partial charge in [0.2, 0.25) is 0 Å². The molecule has 23 heavy (non-hydrogen) atoms. The summed E-state index contributed by atoms with van der Waals surface area (Å²) < 4.78 is 10.4. The van der Waals surface area contributed by atoms with Gasteiger partial charge in [-0.2, -0.15) is 0 Å². The maximum atomic E-state index is 9.97. The fourth-order valence-electron chi connectivity index (χ4n) is 2.76. The summed E-state index contributed by atoms with van der Waals surface area (Å²) in [7, 11) is 0. The van der Waals surface area contributed by atoms with Crippen molar-refractivity contribution in [2.24, 2.45) is 0 Å². The zero-order valence-electron chi connectivity index (χ0n) is 13.8. The summed E-state index contributed by atoms with van der Waals surface area (Å²) in [5.74, 6) is 0. The van der Waals surface area contributed by atoms with Gasteiger partial charge in [-0.25, -0.2) is 0 Å². The van der Waals surface area contributed by atoms with Crippen LogP contribution in [0.2, 0.25) is 0 Å². The van der Waals surface area contributed by atoms with E-state index < -0.39 is 37.3 Å². The highest BCUT2D eigenvalue weighted by molar-refractivity contribution is 4.89. The Balaban J connectivity index is 2.10. The molecule has 0 aromatic rings. The Kier molecular flexibility index (Phi) is 10.7. The number of ether oxygens (including phenoxy) is 2. The molecular weight excluding hydrogens is 300 g/mol. The first-order chi connectivity index (χ1) is 11.1. The molecule has 0 aromatic carbocycles. The van der Waals surface area contributed by atoms with Gasteiger partial charge in [-0.05, 0) is 19.3 Å². The van der Waals surface area contributed by atoms with Gasteiger partial charge in [0.25, 0.3) is 0 Å². The summed E-state index contributed by atoms with van der Waals surface area (Å²) in [5.41, 5.74) is 0. The molecule has 0 aromatic heterocycles. The average molecular weight is 332 g/mol. The second-order valence-corrected chi connectivity index (χ2v) is 6.12. The Bertz CT molecular complexity index is 311. The van der Waals surface area contributed by atoms with Crippen LogP contribution in [0.25, 0.3) is 0 Å². The third-order valence-corrected chi connectivity index (χ3v) is 4.20. The minimum absolute atomic E-state index is 0.403. The molecule has 4 N–H and O–H groups in total. The Morgan fingerprint density at radius 3 is 2.13 bits per heavy atom. The van der Waals surface area contributed by atoms with Crippen molar-refractivity contribution in [2.45, 2.75) is 82.1 Å². The number of allylic oxidation sites excluding steroid dienone is 1. The average Bonchev–Trinajstić information content (AvgIpc) is 2.55. The second kappa shape index (κ2) is 11.9. The number of aliphatic hydroxyl groups is 4. The molecule has 0 saturated carbocycles. The quantitative estimate of drug-likeness (QED) is 0.316. The number of hydrogen-bond donors (Lipinski definition) is 4. The van der Waals surface area contributed by atoms with Crippen LogP contribution in [-0.4, -0.2) is 64.3 Å². The van der Waals surface area contributed by atoms with E-state index in [4.69, 9.17) is 14.6 Å². The van der Waals surface area contributed by atoms with E-state index >= 15 is 0 Å². The SMILES string of the molecule is C=CCCCCCCCCCO[C@@H]1[C@@H](O)[C@H](CO)OC(O)[C@H]1O. The van der Waals surface area contributed by atoms with Gasteiger partial charge < -0.3 is 29.9 Å². The van der Waals surface area contributed by atoms with E-state index in [9.17, 15) is 15.3 Å². The largest absolute Gasteiger partial charge is 0.394 e. The van der Waals surface area contributed by atoms with Crippen molar-refractivity contribution >= 4 is 0 Å². The number of hydrogen-bond acceptors (Lipinski definition) is 6. The van der Waals surface area contributed by atoms with Crippen molar-refractivity contribution in [3.63, 3.8) is 0 Å². The van der Waals surface area contributed by atoms with Crippen LogP contribution in [-0.2, 0) is 9.47 Å². The van der Waals surface area contributed by atoms with Crippen molar-refractivity contribution < 1.29 is 29.9 Å². The third-order valence-electron chi connectivity index (χ3n) is 4.20. The van der Waals surface area contributed by atoms with Gasteiger partial charge in [0.15, 0.2) is 6.29 Å². The molecule has 1 aliphatic rings. The molecule has 0 amide bonds. The fraction of sp³-hybridized carbons (Fsp3) is 0.882. The molecule has 1 heterocycles. The number of aliphatic hydroxyl groups excluding tert-OH is 4. The third kappa shape index (κ3) is 7.28. The van der Waals surface area contributed by atoms with Gasteiger partial charge >= 0.3 is 0 Å². The van der Waals surface area contributed by atoms with Crippen LogP contribution < -0.4 is 0 Å². The lowest BCUT2D eigenvalue weighted by Gasteiger charge is -2.39. The predicted octanol–water partition coefficient (Wildman–Crippen LogP) is 1.11. The van der Waals surface area contributed by atoms with Crippen molar-refractivity contribution in [1.29, 1.82) is 0 Å². The molecule has 5 atom stereocenters. The van der Waals surface area contributed by atoms with Crippen molar-refractivity contribution in [2.75, 3.05) is 13.2 Å². The fourth-order valence-corrected chi connectivity index (χ4v) is 2.76. The molecular formula is C17H32O6. The van der Waals surface area contributed by atoms with E-state index in [0.717, 1.165) is 25.7 Å². The molecule has 0 radical (unpaired) electrons. The Hall–Kier alpha value is -0.500. The predicted molar refractivity (Wildman–Crippen MR) is 86.9 cm³/mol. The van der Waals surface area contributed by atoms with Crippen LogP contribution in [0.1, 0.15) is 51.4 Å². The Labute approximate surface area is 138 Å². The van der Waals surface area contributed by atoms with E-state index in [2.05, 4.69) is 6.58 Å². The Morgan fingerprint density at radius 2 is 1.52 bits per heavy atom. The summed E-state index contributed by atoms with van der Waals surface area (Å²) in [4.78, 5) is 0. The first-order valence-electron chi connectivity index (χ1n) is 8.64. The summed E-state index contributed by atoms with van der Waals surface area (Å²) in [6, 6.07) is 0. The lowest BCUT2D eigenvalue weighted by molar-refractivity contribution is -0.294. The maximum absolute atomic E-state index is 9.97. The normalized spacial score (nSPS) is 31.2. The molecule has 0 spiro atoms. The lowest BCUT2D eigenvalue weighted by atomic mass is 9.99. The molecule has 1 aliphatic heterocycles. The van der Waals surface area contributed by atoms with E-state index in [1.165, 1.54) is 25.7 Å². The standard InChI is InChI=1S/C17H32O6/c1-2-3-4-5-6-7-8-9-10-11-22-16-14(19)13(12-18)23-17(21)15(16)20/h2,13-21H,1,3-12H2/t13-,14-,15-,16+,17?/m0/s1. The van der Waals surface area contributed by atoms with Gasteiger partial charge in [-0.1, -0.05) is 38.2 Å². The summed E-state index contributed by atoms with van der Waals surface area (Å²) in [6.07, 6.45) is 5.15. The van der Waals surface area contributed by atoms with Gasteiger partial charge in [0.1, 0.15) is 24.4 Å². The topological polar surface area (TPSA) is 99.4 Å². The summed E-state index contributed by atoms with van der Waals surface area (Å²) in [6.45, 7) is 3.67. The molecule has 0 aliphatic carbocycles. The van der Waals surface area contributed by atoms with Crippen LogP contribution in [0.4, 0.5) is 0 Å². The lowest BCUT2D eigenvalue weighted by Crippen LogP contribution is -2.59. The van der Waals surface area contributed by atoms with Gasteiger partial charge in [-0.3, -0.25) is 0 Å². The molecule has 1 unspecified atom stereocenters. The van der Waals surface area contributed by atoms with E-state index in [1.54, 1.807) is 0 Å². The van der Waals surface area contributed by atoms with Crippen LogP contribution in [0.15, 0.2) is 12.7 Å². The van der Waals surface area contributed by atoms with Gasteiger partial charge in [-0.15, -0.1) is 6.58 Å². The van der Waals surface area contributed by atoms with Crippen molar-refractivity contribution in [3.8, 4) is 0 Å². The first-order valence-corrected chi connectivity index (χ1v) is 8.64. The zero-order chi connectivity index (χ0) is 17.1. The number of unbranched alkanes of at least 4 members (excludes halogenated alkanes) is 7. The highest BCUT2D eigenvalue weighted by Gasteiger charge is 2.44. The summed E-state index contributed by atoms with van der Waals surface area (Å²) >= 11 is 0. The zero-order valence-corrected chi connectivity index (χ0v) is 13.8. The Morgan fingerprint density at radius 1 is 0.913 bits per heavy atom. The van der Waals surface area contributed by atoms with Crippen LogP contribution in [0.3, 0.4) is 0 Å². The molecule has 6 nitrogen and oxygen atoms in total. The van der Waals surface area contributed by atoms with Gasteiger partial charge in [0, 0.05) is 6.61 Å². The maximum Gasteiger partial charge on any atom is 0.184 e. The van der Waals surface area contributed by atoms with Crippen molar-refractivity contribution in [1.82, 2.24) is 0 Å². The minimum atomic E-state index is -1.45. The second-order valence-electron chi connectivity index (χ2n) is 6.12. The van der Waals surface area contributed by atoms with Crippen LogP contribution in [0.5, 0.6) is 0 Å². The molecule has 0 bridgehead atoms. The number of rotatable bonds is 12. The van der Waals surface area contributed by atoms with Crippen LogP contribution >= 0.6 is 0 Å². The van der Waals surface area contributed by atoms with E-state index in [-0.39, 0.29) is 0 Å². The molecule has 136 valence electrons.